The summed E-state index contributed by atoms with van der Waals surface area (Å²) in [7, 11) is -3.42. The average Bonchev–Trinajstić information content (AvgIpc) is 1.99. The largest absolute Gasteiger partial charge is 0.459 e. The van der Waals surface area contributed by atoms with Gasteiger partial charge in [-0.25, -0.2) is 8.42 Å². The van der Waals surface area contributed by atoms with E-state index in [2.05, 4.69) is 0 Å². The number of hydrogen-bond acceptors (Lipinski definition) is 4. The predicted octanol–water partition coefficient (Wildman–Crippen LogP) is 1.54. The summed E-state index contributed by atoms with van der Waals surface area (Å²) >= 11 is 0. The fourth-order valence-corrected chi connectivity index (χ4v) is 2.06. The lowest BCUT2D eigenvalue weighted by atomic mass is 10.2. The van der Waals surface area contributed by atoms with E-state index in [-0.39, 0.29) is 0 Å². The van der Waals surface area contributed by atoms with Crippen LogP contribution in [0.3, 0.4) is 0 Å². The minimum absolute atomic E-state index is 0.569. The Kier molecular flexibility index (Phi) is 4.34. The molecule has 0 saturated heterocycles. The molecule has 4 nitrogen and oxygen atoms in total. The summed E-state index contributed by atoms with van der Waals surface area (Å²) in [5.74, 6) is -0.684. The molecule has 0 heterocycles. The van der Waals surface area contributed by atoms with Crippen LogP contribution in [0.4, 0.5) is 0 Å². The Hall–Kier alpha value is -0.580. The number of rotatable bonds is 3. The monoisotopic (exact) mass is 236 g/mol. The van der Waals surface area contributed by atoms with Crippen LogP contribution in [0.2, 0.25) is 0 Å². The van der Waals surface area contributed by atoms with E-state index in [4.69, 9.17) is 4.74 Å². The summed E-state index contributed by atoms with van der Waals surface area (Å²) in [4.78, 5) is 11.5. The van der Waals surface area contributed by atoms with Gasteiger partial charge in [-0.1, -0.05) is 0 Å². The molecule has 0 aromatic heterocycles. The van der Waals surface area contributed by atoms with E-state index in [1.54, 1.807) is 34.6 Å². The van der Waals surface area contributed by atoms with Crippen molar-refractivity contribution in [3.8, 4) is 0 Å². The third kappa shape index (κ3) is 4.20. The summed E-state index contributed by atoms with van der Waals surface area (Å²) in [5.41, 5.74) is -0.655. The first-order valence-corrected chi connectivity index (χ1v) is 6.55. The number of ether oxygens (including phenoxy) is 1. The molecule has 0 aromatic carbocycles. The SMILES string of the molecule is CC(C)S(=O)(=O)C(C)C(=O)OC(C)(C)C. The quantitative estimate of drug-likeness (QED) is 0.697. The summed E-state index contributed by atoms with van der Waals surface area (Å²) in [6, 6.07) is 0. The summed E-state index contributed by atoms with van der Waals surface area (Å²) in [6.07, 6.45) is 0. The van der Waals surface area contributed by atoms with Crippen molar-refractivity contribution in [2.75, 3.05) is 0 Å². The highest BCUT2D eigenvalue weighted by atomic mass is 32.2. The first-order valence-electron chi connectivity index (χ1n) is 4.94. The van der Waals surface area contributed by atoms with Crippen LogP contribution in [0.25, 0.3) is 0 Å². The topological polar surface area (TPSA) is 60.4 Å². The Bertz CT molecular complexity index is 322. The van der Waals surface area contributed by atoms with Crippen LogP contribution in [0.15, 0.2) is 0 Å². The minimum atomic E-state index is -3.42. The third-order valence-corrected chi connectivity index (χ3v) is 4.38. The number of sulfone groups is 1. The zero-order valence-electron chi connectivity index (χ0n) is 10.2. The fourth-order valence-electron chi connectivity index (χ4n) is 0.927. The van der Waals surface area contributed by atoms with Gasteiger partial charge in [0.25, 0.3) is 0 Å². The molecule has 0 spiro atoms. The maximum atomic E-state index is 11.7. The zero-order chi connectivity index (χ0) is 12.4. The molecule has 0 saturated carbocycles. The molecule has 0 aromatic rings. The molecule has 5 heteroatoms. The Balaban J connectivity index is 4.75. The third-order valence-electron chi connectivity index (χ3n) is 1.89. The van der Waals surface area contributed by atoms with Crippen LogP contribution in [0.5, 0.6) is 0 Å². The van der Waals surface area contributed by atoms with Crippen molar-refractivity contribution < 1.29 is 17.9 Å². The molecule has 0 fully saturated rings. The second-order valence-corrected chi connectivity index (χ2v) is 7.64. The second-order valence-electron chi connectivity index (χ2n) is 4.81. The molecule has 1 atom stereocenters. The summed E-state index contributed by atoms with van der Waals surface area (Å²) < 4.78 is 28.3. The lowest BCUT2D eigenvalue weighted by Gasteiger charge is -2.23. The minimum Gasteiger partial charge on any atom is -0.459 e. The number of esters is 1. The van der Waals surface area contributed by atoms with E-state index in [1.807, 2.05) is 0 Å². The van der Waals surface area contributed by atoms with E-state index < -0.39 is 31.9 Å². The van der Waals surface area contributed by atoms with Crippen molar-refractivity contribution in [1.29, 1.82) is 0 Å². The normalized spacial score (nSPS) is 15.1. The van der Waals surface area contributed by atoms with Gasteiger partial charge in [-0.3, -0.25) is 4.79 Å². The van der Waals surface area contributed by atoms with Gasteiger partial charge in [0.2, 0.25) is 0 Å². The zero-order valence-corrected chi connectivity index (χ0v) is 11.0. The Morgan fingerprint density at radius 2 is 1.53 bits per heavy atom. The van der Waals surface area contributed by atoms with E-state index in [1.165, 1.54) is 6.92 Å². The highest BCUT2D eigenvalue weighted by Crippen LogP contribution is 2.15. The lowest BCUT2D eigenvalue weighted by molar-refractivity contribution is -0.153. The fraction of sp³-hybridized carbons (Fsp3) is 0.900. The Morgan fingerprint density at radius 3 is 1.80 bits per heavy atom. The molecule has 0 radical (unpaired) electrons. The lowest BCUT2D eigenvalue weighted by Crippen LogP contribution is -2.37. The van der Waals surface area contributed by atoms with Crippen LogP contribution >= 0.6 is 0 Å². The van der Waals surface area contributed by atoms with Gasteiger partial charge in [-0.2, -0.15) is 0 Å². The van der Waals surface area contributed by atoms with Gasteiger partial charge in [-0.05, 0) is 41.5 Å². The highest BCUT2D eigenvalue weighted by molar-refractivity contribution is 7.93. The number of carbonyl (C=O) groups excluding carboxylic acids is 1. The van der Waals surface area contributed by atoms with Gasteiger partial charge in [0, 0.05) is 0 Å². The van der Waals surface area contributed by atoms with Gasteiger partial charge in [0.15, 0.2) is 15.1 Å². The maximum absolute atomic E-state index is 11.7. The van der Waals surface area contributed by atoms with E-state index in [9.17, 15) is 13.2 Å². The van der Waals surface area contributed by atoms with Crippen LogP contribution in [0.1, 0.15) is 41.5 Å². The molecule has 90 valence electrons. The predicted molar refractivity (Wildman–Crippen MR) is 59.4 cm³/mol. The molecule has 0 aliphatic rings. The van der Waals surface area contributed by atoms with Crippen LogP contribution in [-0.2, 0) is 19.4 Å². The Labute approximate surface area is 91.9 Å². The van der Waals surface area contributed by atoms with Crippen molar-refractivity contribution in [3.05, 3.63) is 0 Å². The van der Waals surface area contributed by atoms with Gasteiger partial charge in [-0.15, -0.1) is 0 Å². The van der Waals surface area contributed by atoms with Crippen LogP contribution in [-0.4, -0.2) is 30.5 Å². The van der Waals surface area contributed by atoms with E-state index in [0.717, 1.165) is 0 Å². The molecular weight excluding hydrogens is 216 g/mol. The van der Waals surface area contributed by atoms with Gasteiger partial charge < -0.3 is 4.74 Å². The number of hydrogen-bond donors (Lipinski definition) is 0. The van der Waals surface area contributed by atoms with Crippen molar-refractivity contribution >= 4 is 15.8 Å². The standard InChI is InChI=1S/C10H20O4S/c1-7(2)15(12,13)8(3)9(11)14-10(4,5)6/h7-8H,1-6H3. The molecule has 1 unspecified atom stereocenters. The summed E-state index contributed by atoms with van der Waals surface area (Å²) in [5, 5.41) is -1.67. The molecule has 0 rings (SSSR count). The molecule has 0 bridgehead atoms. The van der Waals surface area contributed by atoms with Crippen LogP contribution < -0.4 is 0 Å². The first kappa shape index (κ1) is 14.4. The van der Waals surface area contributed by atoms with E-state index >= 15 is 0 Å². The molecular formula is C10H20O4S. The summed E-state index contributed by atoms with van der Waals surface area (Å²) in [6.45, 7) is 9.59. The van der Waals surface area contributed by atoms with Crippen LogP contribution in [0, 0.1) is 0 Å². The number of carbonyl (C=O) groups is 1. The van der Waals surface area contributed by atoms with Crippen molar-refractivity contribution in [3.63, 3.8) is 0 Å². The molecule has 0 aliphatic carbocycles. The second kappa shape index (κ2) is 4.51. The van der Waals surface area contributed by atoms with E-state index in [0.29, 0.717) is 0 Å². The first-order chi connectivity index (χ1) is 6.48. The van der Waals surface area contributed by atoms with Crippen molar-refractivity contribution in [2.24, 2.45) is 0 Å². The highest BCUT2D eigenvalue weighted by Gasteiger charge is 2.33. The molecule has 0 amide bonds. The van der Waals surface area contributed by atoms with Crippen molar-refractivity contribution in [2.45, 2.75) is 57.6 Å². The maximum Gasteiger partial charge on any atom is 0.324 e. The molecule has 0 aliphatic heterocycles. The average molecular weight is 236 g/mol. The van der Waals surface area contributed by atoms with Gasteiger partial charge >= 0.3 is 5.97 Å². The molecule has 15 heavy (non-hydrogen) atoms. The Morgan fingerprint density at radius 1 is 1.13 bits per heavy atom. The van der Waals surface area contributed by atoms with Gasteiger partial charge in [0.1, 0.15) is 5.60 Å². The van der Waals surface area contributed by atoms with Crippen molar-refractivity contribution in [1.82, 2.24) is 0 Å². The molecule has 0 N–H and O–H groups in total. The smallest absolute Gasteiger partial charge is 0.324 e. The van der Waals surface area contributed by atoms with Gasteiger partial charge in [0.05, 0.1) is 5.25 Å².